The second-order valence-corrected chi connectivity index (χ2v) is 2.32. The Morgan fingerprint density at radius 2 is 2.25 bits per heavy atom. The van der Waals surface area contributed by atoms with Crippen LogP contribution in [-0.2, 0) is 0 Å². The van der Waals surface area contributed by atoms with E-state index < -0.39 is 14.8 Å². The van der Waals surface area contributed by atoms with Crippen LogP contribution in [0.1, 0.15) is 0 Å². The monoisotopic (exact) mass is 119 g/mol. The number of rotatable bonds is 0. The van der Waals surface area contributed by atoms with Gasteiger partial charge in [0.1, 0.15) is 0 Å². The van der Waals surface area contributed by atoms with E-state index in [0.29, 0.717) is 0 Å². The zero-order valence-electron chi connectivity index (χ0n) is 1.83. The van der Waals surface area contributed by atoms with E-state index in [1.807, 2.05) is 0 Å². The molecule has 0 N–H and O–H groups in total. The van der Waals surface area contributed by atoms with Gasteiger partial charge in [-0.25, -0.2) is 0 Å². The summed E-state index contributed by atoms with van der Waals surface area (Å²) >= 11 is -0.444. The van der Waals surface area contributed by atoms with Gasteiger partial charge in [-0.3, -0.25) is 0 Å². The first-order valence-corrected chi connectivity index (χ1v) is 2.87. The van der Waals surface area contributed by atoms with Crippen LogP contribution in [0.15, 0.2) is 3.90 Å². The number of nitrogens with zero attached hydrogens (tertiary/aromatic N) is 1. The Bertz CT molecular complexity index is 90.2. The molecule has 0 saturated heterocycles. The Labute approximate surface area is 28.6 Å². The quantitative estimate of drug-likeness (QED) is 0.312. The average molecular weight is 118 g/mol. The predicted octanol–water partition coefficient (Wildman–Crippen LogP) is -0.0553. The minimum absolute atomic E-state index is 0.0833. The third-order valence-electron chi connectivity index (χ3n) is 0.196. The van der Waals surface area contributed by atoms with Gasteiger partial charge in [0.05, 0.1) is 0 Å². The molecule has 0 radical (unpaired) electrons. The molecule has 0 aromatic carbocycles. The molecular formula is CFGeN. The molecule has 0 aromatic heterocycles. The molecule has 3 heteroatoms. The summed E-state index contributed by atoms with van der Waals surface area (Å²) in [5, 5.41) is 0. The molecule has 0 unspecified atom stereocenters. The SMILES string of the molecule is F[C]1=[Ge]=[N]1. The van der Waals surface area contributed by atoms with Gasteiger partial charge in [-0.15, -0.1) is 0 Å². The van der Waals surface area contributed by atoms with Crippen LogP contribution in [0.3, 0.4) is 0 Å². The van der Waals surface area contributed by atoms with E-state index >= 15 is 0 Å². The molecule has 0 aromatic rings. The van der Waals surface area contributed by atoms with Crippen LogP contribution < -0.4 is 0 Å². The zero-order valence-corrected chi connectivity index (χ0v) is 3.92. The number of hydrogen-bond acceptors (Lipinski definition) is 1. The van der Waals surface area contributed by atoms with Crippen molar-refractivity contribution in [3.05, 3.63) is 0 Å². The van der Waals surface area contributed by atoms with E-state index in [4.69, 9.17) is 0 Å². The van der Waals surface area contributed by atoms with Crippen LogP contribution in [0.4, 0.5) is 4.39 Å². The van der Waals surface area contributed by atoms with Gasteiger partial charge in [-0.1, -0.05) is 0 Å². The van der Waals surface area contributed by atoms with Crippen LogP contribution in [0.25, 0.3) is 0 Å². The van der Waals surface area contributed by atoms with Crippen molar-refractivity contribution in [2.75, 3.05) is 0 Å². The molecule has 1 rings (SSSR count). The van der Waals surface area contributed by atoms with Crippen LogP contribution in [0.5, 0.6) is 0 Å². The van der Waals surface area contributed by atoms with Crippen LogP contribution in [0.2, 0.25) is 0 Å². The van der Waals surface area contributed by atoms with Crippen molar-refractivity contribution in [2.45, 2.75) is 0 Å². The van der Waals surface area contributed by atoms with Crippen LogP contribution in [0, 0.1) is 0 Å². The maximum atomic E-state index is 10.9. The van der Waals surface area contributed by atoms with Crippen molar-refractivity contribution in [1.82, 2.24) is 0 Å². The Morgan fingerprint density at radius 1 is 2.00 bits per heavy atom. The van der Waals surface area contributed by atoms with Gasteiger partial charge in [0.25, 0.3) is 0 Å². The van der Waals surface area contributed by atoms with Gasteiger partial charge < -0.3 is 0 Å². The fourth-order valence-electron chi connectivity index (χ4n) is 0.0211. The van der Waals surface area contributed by atoms with Crippen molar-refractivity contribution < 1.29 is 4.39 Å². The second kappa shape index (κ2) is 0.546. The van der Waals surface area contributed by atoms with E-state index in [-0.39, 0.29) is 4.73 Å². The van der Waals surface area contributed by atoms with Gasteiger partial charge in [0.15, 0.2) is 0 Å². The predicted molar refractivity (Wildman–Crippen MR) is 14.3 cm³/mol. The first-order valence-electron chi connectivity index (χ1n) is 0.886. The average Bonchev–Trinajstić information content (AvgIpc) is 1.75. The fourth-order valence-corrected chi connectivity index (χ4v) is 0.110. The van der Waals surface area contributed by atoms with E-state index in [1.165, 1.54) is 0 Å². The van der Waals surface area contributed by atoms with Gasteiger partial charge >= 0.3 is 27.8 Å². The Kier molecular flexibility index (Phi) is 0.325. The van der Waals surface area contributed by atoms with E-state index in [2.05, 4.69) is 3.90 Å². The second-order valence-electron chi connectivity index (χ2n) is 0.514. The van der Waals surface area contributed by atoms with Gasteiger partial charge in [0, 0.05) is 0 Å². The van der Waals surface area contributed by atoms with Gasteiger partial charge in [0.2, 0.25) is 0 Å². The molecule has 0 bridgehead atoms. The molecule has 1 nitrogen and oxygen atoms in total. The van der Waals surface area contributed by atoms with Crippen LogP contribution >= 0.6 is 0 Å². The topological polar surface area (TPSA) is 12.4 Å². The van der Waals surface area contributed by atoms with Gasteiger partial charge in [-0.05, 0) is 0 Å². The Hall–Kier alpha value is 0.143. The molecule has 1 aliphatic rings. The molecule has 0 fully saturated rings. The zero-order chi connectivity index (χ0) is 2.99. The summed E-state index contributed by atoms with van der Waals surface area (Å²) in [6.45, 7) is 0. The molecule has 0 atom stereocenters. The number of hydrogen-bond donors (Lipinski definition) is 0. The fraction of sp³-hybridized carbons (Fsp3) is 0. The maximum absolute atomic E-state index is 10.9. The van der Waals surface area contributed by atoms with E-state index in [9.17, 15) is 4.39 Å². The summed E-state index contributed by atoms with van der Waals surface area (Å²) in [6.07, 6.45) is 0. The van der Waals surface area contributed by atoms with E-state index in [1.54, 1.807) is 0 Å². The van der Waals surface area contributed by atoms with E-state index in [0.717, 1.165) is 0 Å². The first kappa shape index (κ1) is 2.38. The number of halogens is 1. The van der Waals surface area contributed by atoms with Crippen molar-refractivity contribution in [3.8, 4) is 0 Å². The summed E-state index contributed by atoms with van der Waals surface area (Å²) in [6, 6.07) is 0. The third kappa shape index (κ3) is 0.283. The Balaban J connectivity index is 2.75. The molecule has 0 aliphatic carbocycles. The molecule has 4 heavy (non-hydrogen) atoms. The Morgan fingerprint density at radius 3 is 2.25 bits per heavy atom. The van der Waals surface area contributed by atoms with Gasteiger partial charge in [-0.2, -0.15) is 0 Å². The van der Waals surface area contributed by atoms with Crippen molar-refractivity contribution in [2.24, 2.45) is 3.90 Å². The summed E-state index contributed by atoms with van der Waals surface area (Å²) in [4.78, 5) is 0. The van der Waals surface area contributed by atoms with Crippen molar-refractivity contribution >= 4 is 19.5 Å². The van der Waals surface area contributed by atoms with Crippen LogP contribution in [-0.4, -0.2) is 19.5 Å². The molecule has 1 heterocycles. The molecule has 1 aliphatic heterocycles. The summed E-state index contributed by atoms with van der Waals surface area (Å²) in [5.74, 6) is 0. The molecule has 20 valence electrons. The van der Waals surface area contributed by atoms with Crippen molar-refractivity contribution in [1.29, 1.82) is 0 Å². The molecule has 0 saturated carbocycles. The van der Waals surface area contributed by atoms with Crippen molar-refractivity contribution in [3.63, 3.8) is 0 Å². The summed E-state index contributed by atoms with van der Waals surface area (Å²) in [7, 11) is 0. The normalized spacial score (nSPS) is 15.8. The third-order valence-corrected chi connectivity index (χ3v) is 1.02. The minimum atomic E-state index is -0.444. The standard InChI is InChI=1S/CFGeN/c2-1-3-4-1. The molecular weight excluding hydrogens is 118 g/mol. The molecule has 0 amide bonds. The first-order chi connectivity index (χ1) is 1.89. The summed E-state index contributed by atoms with van der Waals surface area (Å²) in [5.41, 5.74) is 0. The summed E-state index contributed by atoms with van der Waals surface area (Å²) < 4.78 is 14.1. The molecule has 0 spiro atoms.